The first kappa shape index (κ1) is 23.0. The molecule has 2 aromatic rings. The van der Waals surface area contributed by atoms with E-state index in [9.17, 15) is 9.90 Å². The molecule has 7 heteroatoms. The molecular weight excluding hydrogens is 428 g/mol. The van der Waals surface area contributed by atoms with E-state index in [1.165, 1.54) is 18.7 Å². The van der Waals surface area contributed by atoms with Crippen molar-refractivity contribution in [3.05, 3.63) is 82.5 Å². The number of ether oxygens (including phenoxy) is 4. The Labute approximate surface area is 192 Å². The van der Waals surface area contributed by atoms with Crippen LogP contribution in [0.5, 0.6) is 0 Å². The van der Waals surface area contributed by atoms with Gasteiger partial charge in [0.15, 0.2) is 5.78 Å². The molecule has 4 rings (SSSR count). The summed E-state index contributed by atoms with van der Waals surface area (Å²) in [4.78, 5) is 12.6. The molecule has 2 aliphatic heterocycles. The predicted molar refractivity (Wildman–Crippen MR) is 122 cm³/mol. The first-order valence-electron chi connectivity index (χ1n) is 10.7. The number of fused-ring (bicyclic) bond motifs is 1. The van der Waals surface area contributed by atoms with Gasteiger partial charge in [-0.3, -0.25) is 4.79 Å². The van der Waals surface area contributed by atoms with Gasteiger partial charge in [-0.1, -0.05) is 60.7 Å². The summed E-state index contributed by atoms with van der Waals surface area (Å²) in [6.45, 7) is 4.22. The monoisotopic (exact) mass is 456 g/mol. The summed E-state index contributed by atoms with van der Waals surface area (Å²) in [5, 5.41) is 10.8. The number of rotatable bonds is 8. The molecule has 1 saturated heterocycles. The molecule has 5 atom stereocenters. The average Bonchev–Trinajstić information content (AvgIpc) is 2.80. The first-order chi connectivity index (χ1) is 15.5. The quantitative estimate of drug-likeness (QED) is 0.647. The highest BCUT2D eigenvalue weighted by atomic mass is 32.2. The molecule has 0 saturated carbocycles. The van der Waals surface area contributed by atoms with E-state index in [2.05, 4.69) is 0 Å². The third-order valence-electron chi connectivity index (χ3n) is 5.48. The summed E-state index contributed by atoms with van der Waals surface area (Å²) >= 11 is 1.36. The highest BCUT2D eigenvalue weighted by molar-refractivity contribution is 8.04. The fourth-order valence-corrected chi connectivity index (χ4v) is 5.11. The molecule has 2 heterocycles. The molecule has 0 radical (unpaired) electrons. The van der Waals surface area contributed by atoms with Crippen molar-refractivity contribution in [2.75, 3.05) is 6.61 Å². The molecule has 0 aromatic heterocycles. The minimum Gasteiger partial charge on any atom is -0.467 e. The van der Waals surface area contributed by atoms with Crippen LogP contribution in [0.25, 0.3) is 0 Å². The number of ketones is 1. The number of carbonyl (C=O) groups is 1. The second-order valence-corrected chi connectivity index (χ2v) is 9.13. The van der Waals surface area contributed by atoms with Crippen LogP contribution >= 0.6 is 11.8 Å². The second kappa shape index (κ2) is 10.6. The van der Waals surface area contributed by atoms with Gasteiger partial charge in [0.05, 0.1) is 24.7 Å². The van der Waals surface area contributed by atoms with Crippen molar-refractivity contribution < 1.29 is 28.8 Å². The minimum atomic E-state index is -0.932. The van der Waals surface area contributed by atoms with Gasteiger partial charge in [0, 0.05) is 0 Å². The van der Waals surface area contributed by atoms with Crippen LogP contribution in [0, 0.1) is 0 Å². The van der Waals surface area contributed by atoms with E-state index in [0.717, 1.165) is 11.1 Å². The highest BCUT2D eigenvalue weighted by Gasteiger charge is 2.50. The van der Waals surface area contributed by atoms with E-state index in [0.29, 0.717) is 23.9 Å². The smallest absolute Gasteiger partial charge is 0.214 e. The fraction of sp³-hybridized carbons (Fsp3) is 0.400. The third-order valence-corrected chi connectivity index (χ3v) is 7.06. The highest BCUT2D eigenvalue weighted by Crippen LogP contribution is 2.42. The van der Waals surface area contributed by atoms with Crippen molar-refractivity contribution >= 4 is 17.5 Å². The molecule has 6 nitrogen and oxygen atoms in total. The van der Waals surface area contributed by atoms with Crippen molar-refractivity contribution in [1.82, 2.24) is 0 Å². The van der Waals surface area contributed by atoms with Crippen LogP contribution in [0.3, 0.4) is 0 Å². The molecule has 32 heavy (non-hydrogen) atoms. The lowest BCUT2D eigenvalue weighted by Gasteiger charge is -2.46. The zero-order chi connectivity index (χ0) is 22.5. The number of hydrogen-bond acceptors (Lipinski definition) is 7. The van der Waals surface area contributed by atoms with Crippen LogP contribution in [-0.2, 0) is 37.0 Å². The van der Waals surface area contributed by atoms with Gasteiger partial charge < -0.3 is 24.1 Å². The molecule has 1 N–H and O–H groups in total. The molecule has 170 valence electrons. The Morgan fingerprint density at radius 3 is 2.28 bits per heavy atom. The Morgan fingerprint density at radius 2 is 1.66 bits per heavy atom. The maximum absolute atomic E-state index is 12.1. The normalized spacial score (nSPS) is 27.5. The van der Waals surface area contributed by atoms with E-state index in [1.807, 2.05) is 60.7 Å². The molecule has 0 aliphatic carbocycles. The van der Waals surface area contributed by atoms with E-state index < -0.39 is 24.6 Å². The van der Waals surface area contributed by atoms with Gasteiger partial charge in [-0.2, -0.15) is 0 Å². The largest absolute Gasteiger partial charge is 0.467 e. The van der Waals surface area contributed by atoms with Gasteiger partial charge in [-0.05, 0) is 25.0 Å². The lowest BCUT2D eigenvalue weighted by atomic mass is 10.0. The van der Waals surface area contributed by atoms with Crippen molar-refractivity contribution in [2.24, 2.45) is 0 Å². The van der Waals surface area contributed by atoms with E-state index in [-0.39, 0.29) is 17.6 Å². The molecular formula is C25H28O6S. The average molecular weight is 457 g/mol. The van der Waals surface area contributed by atoms with Gasteiger partial charge in [0.25, 0.3) is 0 Å². The first-order valence-corrected chi connectivity index (χ1v) is 11.6. The Hall–Kier alpha value is -2.16. The standard InChI is InChI=1S/C25H28O6S/c1-16(26)23-17(2)30-25-24(32-23)22(29-14-19-11-7-4-8-12-19)21(27)20(31-25)15-28-13-18-9-5-3-6-10-18/h3-12,20-22,24-25,27H,13-15H2,1-2H3/t20-,21-,22+,24+,25-/m1/s1. The molecule has 0 bridgehead atoms. The number of Topliss-reactive ketones (excluding diaryl/α,β-unsaturated/α-hetero) is 1. The fourth-order valence-electron chi connectivity index (χ4n) is 3.85. The molecule has 0 amide bonds. The van der Waals surface area contributed by atoms with E-state index in [4.69, 9.17) is 18.9 Å². The summed E-state index contributed by atoms with van der Waals surface area (Å²) < 4.78 is 24.1. The summed E-state index contributed by atoms with van der Waals surface area (Å²) in [5.74, 6) is 0.460. The van der Waals surface area contributed by atoms with Crippen molar-refractivity contribution in [3.63, 3.8) is 0 Å². The van der Waals surface area contributed by atoms with E-state index in [1.54, 1.807) is 6.92 Å². The third kappa shape index (κ3) is 5.42. The Morgan fingerprint density at radius 1 is 1.03 bits per heavy atom. The number of thioether (sulfide) groups is 1. The zero-order valence-corrected chi connectivity index (χ0v) is 19.0. The van der Waals surface area contributed by atoms with E-state index >= 15 is 0 Å². The van der Waals surface area contributed by atoms with Crippen LogP contribution in [0.1, 0.15) is 25.0 Å². The van der Waals surface area contributed by atoms with Gasteiger partial charge >= 0.3 is 0 Å². The summed E-state index contributed by atoms with van der Waals surface area (Å²) in [7, 11) is 0. The number of allylic oxidation sites excluding steroid dienone is 2. The SMILES string of the molecule is CC(=O)C1=C(C)O[C@@H]2O[C@H](COCc3ccccc3)[C@@H](O)[C@H](OCc3ccccc3)[C@@H]2S1. The second-order valence-electron chi connectivity index (χ2n) is 7.94. The van der Waals surface area contributed by atoms with Crippen molar-refractivity contribution in [2.45, 2.75) is 56.9 Å². The lowest BCUT2D eigenvalue weighted by molar-refractivity contribution is -0.255. The maximum Gasteiger partial charge on any atom is 0.214 e. The number of aliphatic hydroxyl groups is 1. The van der Waals surface area contributed by atoms with Gasteiger partial charge in [-0.15, -0.1) is 11.8 Å². The Bertz CT molecular complexity index is 932. The molecule has 1 fully saturated rings. The molecule has 2 aliphatic rings. The zero-order valence-electron chi connectivity index (χ0n) is 18.2. The van der Waals surface area contributed by atoms with Crippen LogP contribution < -0.4 is 0 Å². The topological polar surface area (TPSA) is 74.2 Å². The molecule has 2 aromatic carbocycles. The summed E-state index contributed by atoms with van der Waals surface area (Å²) in [6, 6.07) is 19.6. The minimum absolute atomic E-state index is 0.0735. The van der Waals surface area contributed by atoms with Crippen molar-refractivity contribution in [3.8, 4) is 0 Å². The summed E-state index contributed by atoms with van der Waals surface area (Å²) in [5.41, 5.74) is 2.04. The molecule has 0 unspecified atom stereocenters. The van der Waals surface area contributed by atoms with Crippen molar-refractivity contribution in [1.29, 1.82) is 0 Å². The maximum atomic E-state index is 12.1. The predicted octanol–water partition coefficient (Wildman–Crippen LogP) is 3.83. The van der Waals surface area contributed by atoms with Crippen LogP contribution in [0.4, 0.5) is 0 Å². The van der Waals surface area contributed by atoms with Gasteiger partial charge in [-0.25, -0.2) is 0 Å². The number of benzene rings is 2. The van der Waals surface area contributed by atoms with Crippen LogP contribution in [-0.4, -0.2) is 47.3 Å². The number of carbonyl (C=O) groups excluding carboxylic acids is 1. The summed E-state index contributed by atoms with van der Waals surface area (Å²) in [6.07, 6.45) is -2.78. The Balaban J connectivity index is 1.48. The van der Waals surface area contributed by atoms with Crippen LogP contribution in [0.15, 0.2) is 71.3 Å². The number of aliphatic hydroxyl groups excluding tert-OH is 1. The Kier molecular flexibility index (Phi) is 7.65. The van der Waals surface area contributed by atoms with Crippen LogP contribution in [0.2, 0.25) is 0 Å². The molecule has 0 spiro atoms. The lowest BCUT2D eigenvalue weighted by Crippen LogP contribution is -2.59. The van der Waals surface area contributed by atoms with Gasteiger partial charge in [0.1, 0.15) is 29.3 Å². The van der Waals surface area contributed by atoms with Gasteiger partial charge in [0.2, 0.25) is 6.29 Å². The number of hydrogen-bond donors (Lipinski definition) is 1.